The van der Waals surface area contributed by atoms with Crippen molar-refractivity contribution in [2.45, 2.75) is 13.8 Å². The van der Waals surface area contributed by atoms with Gasteiger partial charge in [-0.3, -0.25) is 9.59 Å². The zero-order valence-corrected chi connectivity index (χ0v) is 13.5. The van der Waals surface area contributed by atoms with Crippen molar-refractivity contribution in [1.82, 2.24) is 4.90 Å². The molecule has 0 unspecified atom stereocenters. The quantitative estimate of drug-likeness (QED) is 0.907. The van der Waals surface area contributed by atoms with Gasteiger partial charge in [0.1, 0.15) is 17.3 Å². The molecule has 0 bridgehead atoms. The molecule has 2 amide bonds. The molecule has 24 heavy (non-hydrogen) atoms. The summed E-state index contributed by atoms with van der Waals surface area (Å²) in [5.41, 5.74) is -0.0148. The maximum atomic E-state index is 13.6. The van der Waals surface area contributed by atoms with Gasteiger partial charge in [0.25, 0.3) is 11.8 Å². The van der Waals surface area contributed by atoms with E-state index in [1.165, 1.54) is 18.2 Å². The first-order valence-electron chi connectivity index (χ1n) is 7.62. The van der Waals surface area contributed by atoms with Gasteiger partial charge in [0, 0.05) is 24.2 Å². The summed E-state index contributed by atoms with van der Waals surface area (Å²) in [6, 6.07) is 9.37. The molecule has 0 aromatic heterocycles. The van der Waals surface area contributed by atoms with E-state index in [0.29, 0.717) is 18.7 Å². The lowest BCUT2D eigenvalue weighted by Gasteiger charge is -2.18. The third-order valence-electron chi connectivity index (χ3n) is 3.62. The van der Waals surface area contributed by atoms with Crippen LogP contribution in [0.15, 0.2) is 42.5 Å². The molecule has 0 aliphatic carbocycles. The molecule has 0 spiro atoms. The van der Waals surface area contributed by atoms with Crippen LogP contribution < -0.4 is 5.32 Å². The van der Waals surface area contributed by atoms with Gasteiger partial charge in [0.15, 0.2) is 0 Å². The van der Waals surface area contributed by atoms with Crippen molar-refractivity contribution in [2.75, 3.05) is 18.4 Å². The van der Waals surface area contributed by atoms with E-state index < -0.39 is 23.2 Å². The highest BCUT2D eigenvalue weighted by molar-refractivity contribution is 6.06. The zero-order chi connectivity index (χ0) is 17.7. The predicted molar refractivity (Wildman–Crippen MR) is 88.0 cm³/mol. The number of rotatable bonds is 5. The maximum absolute atomic E-state index is 13.6. The number of halogens is 2. The van der Waals surface area contributed by atoms with Crippen LogP contribution in [0.5, 0.6) is 0 Å². The molecular formula is C18H18F2N2O2. The van der Waals surface area contributed by atoms with Crippen LogP contribution in [0.4, 0.5) is 14.5 Å². The van der Waals surface area contributed by atoms with E-state index in [-0.39, 0.29) is 11.5 Å². The van der Waals surface area contributed by atoms with E-state index in [1.807, 2.05) is 13.8 Å². The average molecular weight is 332 g/mol. The van der Waals surface area contributed by atoms with Crippen molar-refractivity contribution in [3.05, 3.63) is 65.2 Å². The third kappa shape index (κ3) is 3.76. The van der Waals surface area contributed by atoms with E-state index >= 15 is 0 Å². The molecule has 4 nitrogen and oxygen atoms in total. The SMILES string of the molecule is CCN(CC)C(=O)c1cccc(C(=O)Nc2c(F)cccc2F)c1. The first-order valence-corrected chi connectivity index (χ1v) is 7.62. The number of hydrogen-bond acceptors (Lipinski definition) is 2. The van der Waals surface area contributed by atoms with Crippen LogP contribution >= 0.6 is 0 Å². The normalized spacial score (nSPS) is 10.3. The lowest BCUT2D eigenvalue weighted by Crippen LogP contribution is -2.30. The Morgan fingerprint density at radius 3 is 2.08 bits per heavy atom. The summed E-state index contributed by atoms with van der Waals surface area (Å²) in [6.07, 6.45) is 0. The Hall–Kier alpha value is -2.76. The fraction of sp³-hybridized carbons (Fsp3) is 0.222. The van der Waals surface area contributed by atoms with Gasteiger partial charge in [-0.2, -0.15) is 0 Å². The van der Waals surface area contributed by atoms with Crippen LogP contribution in [-0.4, -0.2) is 29.8 Å². The fourth-order valence-corrected chi connectivity index (χ4v) is 2.29. The second kappa shape index (κ2) is 7.68. The number of nitrogens with one attached hydrogen (secondary N) is 1. The molecule has 2 aromatic rings. The van der Waals surface area contributed by atoms with Gasteiger partial charge >= 0.3 is 0 Å². The van der Waals surface area contributed by atoms with Crippen LogP contribution in [0.3, 0.4) is 0 Å². The Labute approximate surface area is 139 Å². The highest BCUT2D eigenvalue weighted by Gasteiger charge is 2.17. The number of anilines is 1. The minimum Gasteiger partial charge on any atom is -0.339 e. The van der Waals surface area contributed by atoms with Crippen LogP contribution in [-0.2, 0) is 0 Å². The second-order valence-electron chi connectivity index (χ2n) is 5.11. The Morgan fingerprint density at radius 1 is 0.958 bits per heavy atom. The first kappa shape index (κ1) is 17.6. The largest absolute Gasteiger partial charge is 0.339 e. The lowest BCUT2D eigenvalue weighted by molar-refractivity contribution is 0.0773. The topological polar surface area (TPSA) is 49.4 Å². The van der Waals surface area contributed by atoms with E-state index in [9.17, 15) is 18.4 Å². The molecule has 0 saturated heterocycles. The van der Waals surface area contributed by atoms with Gasteiger partial charge in [-0.05, 0) is 44.2 Å². The van der Waals surface area contributed by atoms with Crippen LogP contribution in [0.2, 0.25) is 0 Å². The van der Waals surface area contributed by atoms with Crippen molar-refractivity contribution in [3.8, 4) is 0 Å². The van der Waals surface area contributed by atoms with Gasteiger partial charge in [0.05, 0.1) is 0 Å². The van der Waals surface area contributed by atoms with Crippen molar-refractivity contribution in [3.63, 3.8) is 0 Å². The van der Waals surface area contributed by atoms with E-state index in [1.54, 1.807) is 17.0 Å². The highest BCUT2D eigenvalue weighted by Crippen LogP contribution is 2.19. The number of nitrogens with zero attached hydrogens (tertiary/aromatic N) is 1. The number of para-hydroxylation sites is 1. The molecule has 0 radical (unpaired) electrons. The molecule has 2 aromatic carbocycles. The molecular weight excluding hydrogens is 314 g/mol. The monoisotopic (exact) mass is 332 g/mol. The molecule has 0 aliphatic rings. The number of benzene rings is 2. The van der Waals surface area contributed by atoms with Crippen molar-refractivity contribution >= 4 is 17.5 Å². The molecule has 2 rings (SSSR count). The van der Waals surface area contributed by atoms with Gasteiger partial charge in [0.2, 0.25) is 0 Å². The molecule has 0 aliphatic heterocycles. The van der Waals surface area contributed by atoms with Crippen LogP contribution in [0.25, 0.3) is 0 Å². The summed E-state index contributed by atoms with van der Waals surface area (Å²) in [4.78, 5) is 26.2. The predicted octanol–water partition coefficient (Wildman–Crippen LogP) is 3.70. The van der Waals surface area contributed by atoms with Crippen molar-refractivity contribution in [2.24, 2.45) is 0 Å². The van der Waals surface area contributed by atoms with Gasteiger partial charge in [-0.1, -0.05) is 12.1 Å². The first-order chi connectivity index (χ1) is 11.5. The lowest BCUT2D eigenvalue weighted by atomic mass is 10.1. The molecule has 6 heteroatoms. The number of hydrogen-bond donors (Lipinski definition) is 1. The van der Waals surface area contributed by atoms with Gasteiger partial charge in [-0.15, -0.1) is 0 Å². The maximum Gasteiger partial charge on any atom is 0.255 e. The molecule has 126 valence electrons. The fourth-order valence-electron chi connectivity index (χ4n) is 2.29. The highest BCUT2D eigenvalue weighted by atomic mass is 19.1. The Morgan fingerprint density at radius 2 is 1.50 bits per heavy atom. The summed E-state index contributed by atoms with van der Waals surface area (Å²) in [5.74, 6) is -2.61. The standard InChI is InChI=1S/C18H18F2N2O2/c1-3-22(4-2)18(24)13-8-5-7-12(11-13)17(23)21-16-14(19)9-6-10-15(16)20/h5-11H,3-4H2,1-2H3,(H,21,23). The van der Waals surface area contributed by atoms with E-state index in [2.05, 4.69) is 5.32 Å². The van der Waals surface area contributed by atoms with Gasteiger partial charge < -0.3 is 10.2 Å². The number of amides is 2. The molecule has 0 atom stereocenters. The summed E-state index contributed by atoms with van der Waals surface area (Å²) in [7, 11) is 0. The summed E-state index contributed by atoms with van der Waals surface area (Å²) in [6.45, 7) is 4.82. The van der Waals surface area contributed by atoms with Crippen molar-refractivity contribution < 1.29 is 18.4 Å². The molecule has 0 fully saturated rings. The van der Waals surface area contributed by atoms with Crippen LogP contribution in [0, 0.1) is 11.6 Å². The summed E-state index contributed by atoms with van der Waals surface area (Å²) in [5, 5.41) is 2.20. The minimum atomic E-state index is -0.862. The zero-order valence-electron chi connectivity index (χ0n) is 13.5. The smallest absolute Gasteiger partial charge is 0.255 e. The molecule has 0 saturated carbocycles. The Balaban J connectivity index is 2.25. The third-order valence-corrected chi connectivity index (χ3v) is 3.62. The Kier molecular flexibility index (Phi) is 5.63. The van der Waals surface area contributed by atoms with E-state index in [4.69, 9.17) is 0 Å². The molecule has 1 N–H and O–H groups in total. The van der Waals surface area contributed by atoms with Gasteiger partial charge in [-0.25, -0.2) is 8.78 Å². The number of carbonyl (C=O) groups is 2. The number of carbonyl (C=O) groups excluding carboxylic acids is 2. The summed E-state index contributed by atoms with van der Waals surface area (Å²) >= 11 is 0. The van der Waals surface area contributed by atoms with Crippen molar-refractivity contribution in [1.29, 1.82) is 0 Å². The Bertz CT molecular complexity index is 738. The minimum absolute atomic E-state index is 0.149. The second-order valence-corrected chi connectivity index (χ2v) is 5.11. The molecule has 0 heterocycles. The van der Waals surface area contributed by atoms with E-state index in [0.717, 1.165) is 12.1 Å². The van der Waals surface area contributed by atoms with Crippen LogP contribution in [0.1, 0.15) is 34.6 Å². The summed E-state index contributed by atoms with van der Waals surface area (Å²) < 4.78 is 27.2. The average Bonchev–Trinajstić information content (AvgIpc) is 2.59.